The Balaban J connectivity index is 1.73. The monoisotopic (exact) mass is 423 g/mol. The highest BCUT2D eigenvalue weighted by atomic mass is 32.1. The van der Waals surface area contributed by atoms with Crippen molar-refractivity contribution in [2.45, 2.75) is 32.9 Å². The van der Waals surface area contributed by atoms with Crippen LogP contribution < -0.4 is 0 Å². The standard InChI is InChI=1S/C24H29N3O2S/c1-3-13-26(23(28)16-22-12-8-15-30-22)19-24(29)27(17-20-9-5-4-6-10-20)18-21-11-7-14-25(21)2/h4-12,14-15H,3,13,16-19H2,1-2H3. The van der Waals surface area contributed by atoms with Gasteiger partial charge in [0.2, 0.25) is 11.8 Å². The molecule has 0 radical (unpaired) electrons. The minimum Gasteiger partial charge on any atom is -0.353 e. The molecule has 5 nitrogen and oxygen atoms in total. The van der Waals surface area contributed by atoms with Crippen molar-refractivity contribution in [2.24, 2.45) is 7.05 Å². The number of aromatic nitrogens is 1. The molecule has 0 fully saturated rings. The maximum Gasteiger partial charge on any atom is 0.242 e. The van der Waals surface area contributed by atoms with Crippen LogP contribution in [0.3, 0.4) is 0 Å². The molecule has 0 unspecified atom stereocenters. The van der Waals surface area contributed by atoms with Gasteiger partial charge in [0.25, 0.3) is 0 Å². The number of carbonyl (C=O) groups is 2. The van der Waals surface area contributed by atoms with Crippen LogP contribution in [-0.2, 0) is 36.1 Å². The molecule has 3 rings (SSSR count). The van der Waals surface area contributed by atoms with Crippen LogP contribution in [0, 0.1) is 0 Å². The van der Waals surface area contributed by atoms with Crippen LogP contribution in [0.25, 0.3) is 0 Å². The van der Waals surface area contributed by atoms with Crippen molar-refractivity contribution in [3.05, 3.63) is 82.3 Å². The number of carbonyl (C=O) groups excluding carboxylic acids is 2. The Bertz CT molecular complexity index is 935. The van der Waals surface area contributed by atoms with E-state index < -0.39 is 0 Å². The Morgan fingerprint density at radius 2 is 1.73 bits per heavy atom. The fraction of sp³-hybridized carbons (Fsp3) is 0.333. The van der Waals surface area contributed by atoms with E-state index in [9.17, 15) is 9.59 Å². The largest absolute Gasteiger partial charge is 0.353 e. The SMILES string of the molecule is CCCN(CC(=O)N(Cc1ccccc1)Cc1cccn1C)C(=O)Cc1cccs1. The molecule has 3 aromatic rings. The first-order valence-electron chi connectivity index (χ1n) is 10.3. The first-order chi connectivity index (χ1) is 14.6. The molecule has 0 saturated carbocycles. The predicted molar refractivity (Wildman–Crippen MR) is 121 cm³/mol. The molecule has 30 heavy (non-hydrogen) atoms. The van der Waals surface area contributed by atoms with E-state index in [0.717, 1.165) is 22.6 Å². The smallest absolute Gasteiger partial charge is 0.242 e. The van der Waals surface area contributed by atoms with Gasteiger partial charge in [0.05, 0.1) is 19.5 Å². The third-order valence-electron chi connectivity index (χ3n) is 5.05. The number of amides is 2. The molecule has 158 valence electrons. The van der Waals surface area contributed by atoms with E-state index >= 15 is 0 Å². The molecule has 2 heterocycles. The number of hydrogen-bond acceptors (Lipinski definition) is 3. The van der Waals surface area contributed by atoms with E-state index in [-0.39, 0.29) is 18.4 Å². The summed E-state index contributed by atoms with van der Waals surface area (Å²) in [5.41, 5.74) is 2.14. The molecule has 0 bridgehead atoms. The minimum absolute atomic E-state index is 0.00572. The molecule has 2 aromatic heterocycles. The van der Waals surface area contributed by atoms with Gasteiger partial charge in [-0.3, -0.25) is 9.59 Å². The number of nitrogens with zero attached hydrogens (tertiary/aromatic N) is 3. The number of thiophene rings is 1. The summed E-state index contributed by atoms with van der Waals surface area (Å²) in [6.45, 7) is 3.75. The maximum absolute atomic E-state index is 13.3. The second-order valence-corrected chi connectivity index (χ2v) is 8.45. The fourth-order valence-electron chi connectivity index (χ4n) is 3.39. The summed E-state index contributed by atoms with van der Waals surface area (Å²) in [6, 6.07) is 17.9. The molecule has 6 heteroatoms. The van der Waals surface area contributed by atoms with Crippen molar-refractivity contribution in [3.8, 4) is 0 Å². The van der Waals surface area contributed by atoms with E-state index in [0.29, 0.717) is 26.1 Å². The molecule has 0 N–H and O–H groups in total. The molecule has 1 aromatic carbocycles. The summed E-state index contributed by atoms with van der Waals surface area (Å²) in [5.74, 6) is -0.0285. The van der Waals surface area contributed by atoms with Gasteiger partial charge < -0.3 is 14.4 Å². The van der Waals surface area contributed by atoms with Crippen LogP contribution >= 0.6 is 11.3 Å². The van der Waals surface area contributed by atoms with Crippen LogP contribution in [0.1, 0.15) is 29.5 Å². The van der Waals surface area contributed by atoms with Gasteiger partial charge in [0.1, 0.15) is 0 Å². The summed E-state index contributed by atoms with van der Waals surface area (Å²) in [6.07, 6.45) is 3.15. The first kappa shape index (κ1) is 21.8. The van der Waals surface area contributed by atoms with E-state index in [1.54, 1.807) is 16.2 Å². The van der Waals surface area contributed by atoms with E-state index in [1.807, 2.05) is 89.6 Å². The zero-order chi connectivity index (χ0) is 21.3. The predicted octanol–water partition coefficient (Wildman–Crippen LogP) is 4.10. The van der Waals surface area contributed by atoms with Crippen molar-refractivity contribution in [3.63, 3.8) is 0 Å². The van der Waals surface area contributed by atoms with E-state index in [2.05, 4.69) is 0 Å². The van der Waals surface area contributed by atoms with Crippen molar-refractivity contribution < 1.29 is 9.59 Å². The number of hydrogen-bond donors (Lipinski definition) is 0. The molecular weight excluding hydrogens is 394 g/mol. The normalized spacial score (nSPS) is 10.7. The van der Waals surface area contributed by atoms with Gasteiger partial charge in [-0.05, 0) is 35.6 Å². The summed E-state index contributed by atoms with van der Waals surface area (Å²) >= 11 is 1.57. The van der Waals surface area contributed by atoms with Gasteiger partial charge in [0.15, 0.2) is 0 Å². The van der Waals surface area contributed by atoms with Crippen LogP contribution in [0.4, 0.5) is 0 Å². The third-order valence-corrected chi connectivity index (χ3v) is 5.93. The highest BCUT2D eigenvalue weighted by Gasteiger charge is 2.22. The molecular formula is C24H29N3O2S. The summed E-state index contributed by atoms with van der Waals surface area (Å²) in [5, 5.41) is 1.97. The Labute approximate surface area is 182 Å². The van der Waals surface area contributed by atoms with Gasteiger partial charge in [-0.15, -0.1) is 11.3 Å². The van der Waals surface area contributed by atoms with Gasteiger partial charge in [-0.1, -0.05) is 43.3 Å². The van der Waals surface area contributed by atoms with Gasteiger partial charge in [-0.25, -0.2) is 0 Å². The van der Waals surface area contributed by atoms with Gasteiger partial charge >= 0.3 is 0 Å². The van der Waals surface area contributed by atoms with Crippen molar-refractivity contribution in [2.75, 3.05) is 13.1 Å². The number of rotatable bonds is 10. The molecule has 0 spiro atoms. The zero-order valence-electron chi connectivity index (χ0n) is 17.7. The number of benzene rings is 1. The highest BCUT2D eigenvalue weighted by molar-refractivity contribution is 7.10. The molecule has 0 aliphatic carbocycles. The lowest BCUT2D eigenvalue weighted by Crippen LogP contribution is -2.43. The molecule has 0 atom stereocenters. The fourth-order valence-corrected chi connectivity index (χ4v) is 4.09. The van der Waals surface area contributed by atoms with Crippen molar-refractivity contribution >= 4 is 23.2 Å². The lowest BCUT2D eigenvalue weighted by molar-refractivity contribution is -0.141. The van der Waals surface area contributed by atoms with Gasteiger partial charge in [-0.2, -0.15) is 0 Å². The van der Waals surface area contributed by atoms with Gasteiger partial charge in [0, 0.05) is 36.9 Å². The Hall–Kier alpha value is -2.86. The quantitative estimate of drug-likeness (QED) is 0.493. The van der Waals surface area contributed by atoms with Crippen LogP contribution in [0.5, 0.6) is 0 Å². The Morgan fingerprint density at radius 3 is 2.37 bits per heavy atom. The average Bonchev–Trinajstić information content (AvgIpc) is 3.39. The summed E-state index contributed by atoms with van der Waals surface area (Å²) in [7, 11) is 1.98. The second-order valence-electron chi connectivity index (χ2n) is 7.42. The number of aryl methyl sites for hydroxylation is 1. The van der Waals surface area contributed by atoms with Crippen molar-refractivity contribution in [1.82, 2.24) is 14.4 Å². The zero-order valence-corrected chi connectivity index (χ0v) is 18.5. The van der Waals surface area contributed by atoms with E-state index in [4.69, 9.17) is 0 Å². The minimum atomic E-state index is -0.0342. The average molecular weight is 424 g/mol. The van der Waals surface area contributed by atoms with Crippen LogP contribution in [0.15, 0.2) is 66.2 Å². The topological polar surface area (TPSA) is 45.6 Å². The van der Waals surface area contributed by atoms with Crippen molar-refractivity contribution in [1.29, 1.82) is 0 Å². The Kier molecular flexibility index (Phi) is 7.85. The lowest BCUT2D eigenvalue weighted by atomic mass is 10.2. The van der Waals surface area contributed by atoms with E-state index in [1.165, 1.54) is 0 Å². The third kappa shape index (κ3) is 6.07. The lowest BCUT2D eigenvalue weighted by Gasteiger charge is -2.28. The highest BCUT2D eigenvalue weighted by Crippen LogP contribution is 2.14. The summed E-state index contributed by atoms with van der Waals surface area (Å²) in [4.78, 5) is 30.7. The molecule has 0 aliphatic rings. The maximum atomic E-state index is 13.3. The first-order valence-corrected chi connectivity index (χ1v) is 11.2. The molecule has 0 aliphatic heterocycles. The summed E-state index contributed by atoms with van der Waals surface area (Å²) < 4.78 is 2.02. The molecule has 2 amide bonds. The molecule has 0 saturated heterocycles. The second kappa shape index (κ2) is 10.8. The van der Waals surface area contributed by atoms with Crippen LogP contribution in [0.2, 0.25) is 0 Å². The Morgan fingerprint density at radius 1 is 0.933 bits per heavy atom. The van der Waals surface area contributed by atoms with Crippen LogP contribution in [-0.4, -0.2) is 39.3 Å².